The molecule has 3 N–H and O–H groups in total. The minimum Gasteiger partial charge on any atom is -0.355 e. The molecule has 2 aromatic heterocycles. The molecular formula is C14H18N6. The second-order valence-electron chi connectivity index (χ2n) is 5.11. The van der Waals surface area contributed by atoms with Crippen LogP contribution in [0.3, 0.4) is 0 Å². The topological polar surface area (TPSA) is 80.0 Å². The Morgan fingerprint density at radius 1 is 1.40 bits per heavy atom. The molecular weight excluding hydrogens is 252 g/mol. The molecule has 20 heavy (non-hydrogen) atoms. The SMILES string of the molecule is CN(Cc1cccnc1)c1cc(NN)nc(C2CC2)n1. The van der Waals surface area contributed by atoms with Gasteiger partial charge in [0, 0.05) is 38.0 Å². The van der Waals surface area contributed by atoms with Crippen molar-refractivity contribution < 1.29 is 0 Å². The number of hydrogen-bond donors (Lipinski definition) is 2. The Hall–Kier alpha value is -2.21. The van der Waals surface area contributed by atoms with E-state index in [1.54, 1.807) is 6.20 Å². The van der Waals surface area contributed by atoms with Crippen LogP contribution in [0.2, 0.25) is 0 Å². The summed E-state index contributed by atoms with van der Waals surface area (Å²) in [5.74, 6) is 8.41. The third-order valence-electron chi connectivity index (χ3n) is 3.35. The molecule has 0 amide bonds. The van der Waals surface area contributed by atoms with Crippen LogP contribution in [0.25, 0.3) is 0 Å². The Kier molecular flexibility index (Phi) is 3.47. The molecule has 1 fully saturated rings. The lowest BCUT2D eigenvalue weighted by Gasteiger charge is -2.19. The van der Waals surface area contributed by atoms with E-state index < -0.39 is 0 Å². The summed E-state index contributed by atoms with van der Waals surface area (Å²) in [6, 6.07) is 5.85. The lowest BCUT2D eigenvalue weighted by Crippen LogP contribution is -2.20. The van der Waals surface area contributed by atoms with Crippen molar-refractivity contribution in [3.8, 4) is 0 Å². The third kappa shape index (κ3) is 2.85. The first-order valence-corrected chi connectivity index (χ1v) is 6.72. The summed E-state index contributed by atoms with van der Waals surface area (Å²) in [6.07, 6.45) is 5.97. The van der Waals surface area contributed by atoms with E-state index in [1.165, 1.54) is 12.8 Å². The first kappa shape index (κ1) is 12.8. The largest absolute Gasteiger partial charge is 0.355 e. The van der Waals surface area contributed by atoms with Gasteiger partial charge in [-0.15, -0.1) is 0 Å². The van der Waals surface area contributed by atoms with Gasteiger partial charge in [-0.1, -0.05) is 6.07 Å². The van der Waals surface area contributed by atoms with Crippen LogP contribution in [-0.4, -0.2) is 22.0 Å². The van der Waals surface area contributed by atoms with Gasteiger partial charge < -0.3 is 10.3 Å². The normalized spacial score (nSPS) is 14.1. The lowest BCUT2D eigenvalue weighted by atomic mass is 10.2. The van der Waals surface area contributed by atoms with Crippen molar-refractivity contribution in [2.24, 2.45) is 5.84 Å². The van der Waals surface area contributed by atoms with Crippen LogP contribution >= 0.6 is 0 Å². The third-order valence-corrected chi connectivity index (χ3v) is 3.35. The van der Waals surface area contributed by atoms with Crippen molar-refractivity contribution in [3.05, 3.63) is 42.0 Å². The molecule has 0 atom stereocenters. The summed E-state index contributed by atoms with van der Waals surface area (Å²) in [4.78, 5) is 15.3. The molecule has 2 heterocycles. The van der Waals surface area contributed by atoms with Crippen molar-refractivity contribution >= 4 is 11.6 Å². The van der Waals surface area contributed by atoms with Gasteiger partial charge >= 0.3 is 0 Å². The summed E-state index contributed by atoms with van der Waals surface area (Å²) in [5.41, 5.74) is 3.76. The fraction of sp³-hybridized carbons (Fsp3) is 0.357. The highest BCUT2D eigenvalue weighted by atomic mass is 15.3. The Morgan fingerprint density at radius 2 is 2.25 bits per heavy atom. The fourth-order valence-electron chi connectivity index (χ4n) is 2.09. The summed E-state index contributed by atoms with van der Waals surface area (Å²) < 4.78 is 0. The van der Waals surface area contributed by atoms with E-state index in [4.69, 9.17) is 5.84 Å². The van der Waals surface area contributed by atoms with E-state index in [2.05, 4.69) is 31.3 Å². The quantitative estimate of drug-likeness (QED) is 0.635. The monoisotopic (exact) mass is 270 g/mol. The van der Waals surface area contributed by atoms with Crippen LogP contribution < -0.4 is 16.2 Å². The van der Waals surface area contributed by atoms with Crippen LogP contribution in [0, 0.1) is 0 Å². The van der Waals surface area contributed by atoms with Gasteiger partial charge in [0.15, 0.2) is 0 Å². The molecule has 0 aliphatic heterocycles. The van der Waals surface area contributed by atoms with Crippen LogP contribution in [0.1, 0.15) is 30.1 Å². The first-order chi connectivity index (χ1) is 9.76. The number of hydrogen-bond acceptors (Lipinski definition) is 6. The maximum atomic E-state index is 5.49. The molecule has 0 unspecified atom stereocenters. The lowest BCUT2D eigenvalue weighted by molar-refractivity contribution is 0.851. The zero-order valence-electron chi connectivity index (χ0n) is 11.5. The van der Waals surface area contributed by atoms with E-state index in [1.807, 2.05) is 25.4 Å². The summed E-state index contributed by atoms with van der Waals surface area (Å²) in [5, 5.41) is 0. The fourth-order valence-corrected chi connectivity index (χ4v) is 2.09. The number of hydrazine groups is 1. The maximum absolute atomic E-state index is 5.49. The molecule has 104 valence electrons. The predicted molar refractivity (Wildman–Crippen MR) is 78.2 cm³/mol. The highest BCUT2D eigenvalue weighted by molar-refractivity contribution is 5.49. The number of nitrogen functional groups attached to an aromatic ring is 1. The Balaban J connectivity index is 1.83. The van der Waals surface area contributed by atoms with Crippen molar-refractivity contribution in [1.29, 1.82) is 0 Å². The molecule has 6 heteroatoms. The van der Waals surface area contributed by atoms with E-state index in [0.29, 0.717) is 11.7 Å². The van der Waals surface area contributed by atoms with Crippen molar-refractivity contribution in [2.75, 3.05) is 17.4 Å². The van der Waals surface area contributed by atoms with Crippen LogP contribution in [0.4, 0.5) is 11.6 Å². The highest BCUT2D eigenvalue weighted by Crippen LogP contribution is 2.39. The Labute approximate surface area is 118 Å². The predicted octanol–water partition coefficient (Wildman–Crippen LogP) is 1.67. The highest BCUT2D eigenvalue weighted by Gasteiger charge is 2.27. The molecule has 0 saturated heterocycles. The number of nitrogens with one attached hydrogen (secondary N) is 1. The standard InChI is InChI=1S/C14H18N6/c1-20(9-10-3-2-6-16-8-10)13-7-12(19-15)17-14(18-13)11-4-5-11/h2-3,6-8,11H,4-5,9,15H2,1H3,(H,17,18,19). The molecule has 1 saturated carbocycles. The first-order valence-electron chi connectivity index (χ1n) is 6.72. The van der Waals surface area contributed by atoms with E-state index in [0.717, 1.165) is 23.8 Å². The van der Waals surface area contributed by atoms with E-state index in [9.17, 15) is 0 Å². The van der Waals surface area contributed by atoms with Crippen LogP contribution in [-0.2, 0) is 6.54 Å². The molecule has 6 nitrogen and oxygen atoms in total. The van der Waals surface area contributed by atoms with Gasteiger partial charge in [0.1, 0.15) is 17.5 Å². The second kappa shape index (κ2) is 5.42. The van der Waals surface area contributed by atoms with E-state index >= 15 is 0 Å². The van der Waals surface area contributed by atoms with Gasteiger partial charge in [0.25, 0.3) is 0 Å². The summed E-state index contributed by atoms with van der Waals surface area (Å²) in [6.45, 7) is 0.749. The number of anilines is 2. The summed E-state index contributed by atoms with van der Waals surface area (Å²) in [7, 11) is 2.01. The van der Waals surface area contributed by atoms with Crippen LogP contribution in [0.15, 0.2) is 30.6 Å². The maximum Gasteiger partial charge on any atom is 0.145 e. The minimum absolute atomic E-state index is 0.494. The number of nitrogens with zero attached hydrogens (tertiary/aromatic N) is 4. The van der Waals surface area contributed by atoms with Gasteiger partial charge in [0.05, 0.1) is 0 Å². The molecule has 2 aromatic rings. The Morgan fingerprint density at radius 3 is 2.90 bits per heavy atom. The average molecular weight is 270 g/mol. The minimum atomic E-state index is 0.494. The molecule has 3 rings (SSSR count). The van der Waals surface area contributed by atoms with Crippen molar-refractivity contribution in [3.63, 3.8) is 0 Å². The number of nitrogens with two attached hydrogens (primary N) is 1. The van der Waals surface area contributed by atoms with Crippen molar-refractivity contribution in [1.82, 2.24) is 15.0 Å². The zero-order chi connectivity index (χ0) is 13.9. The molecule has 1 aliphatic rings. The molecule has 0 aromatic carbocycles. The van der Waals surface area contributed by atoms with Gasteiger partial charge in [-0.3, -0.25) is 4.98 Å². The van der Waals surface area contributed by atoms with Gasteiger partial charge in [-0.05, 0) is 24.5 Å². The average Bonchev–Trinajstić information content (AvgIpc) is 3.32. The zero-order valence-corrected chi connectivity index (χ0v) is 11.5. The molecule has 0 radical (unpaired) electrons. The molecule has 0 spiro atoms. The number of pyridine rings is 1. The molecule has 1 aliphatic carbocycles. The van der Waals surface area contributed by atoms with Crippen molar-refractivity contribution in [2.45, 2.75) is 25.3 Å². The van der Waals surface area contributed by atoms with Gasteiger partial charge in [-0.2, -0.15) is 0 Å². The summed E-state index contributed by atoms with van der Waals surface area (Å²) >= 11 is 0. The van der Waals surface area contributed by atoms with Gasteiger partial charge in [0.2, 0.25) is 0 Å². The number of rotatable bonds is 5. The van der Waals surface area contributed by atoms with E-state index in [-0.39, 0.29) is 0 Å². The van der Waals surface area contributed by atoms with Gasteiger partial charge in [-0.25, -0.2) is 15.8 Å². The molecule has 0 bridgehead atoms. The Bertz CT molecular complexity index is 581. The second-order valence-corrected chi connectivity index (χ2v) is 5.11. The number of aromatic nitrogens is 3. The van der Waals surface area contributed by atoms with Crippen LogP contribution in [0.5, 0.6) is 0 Å². The smallest absolute Gasteiger partial charge is 0.145 e.